The predicted octanol–water partition coefficient (Wildman–Crippen LogP) is 4.91. The molecule has 1 saturated heterocycles. The lowest BCUT2D eigenvalue weighted by Gasteiger charge is -2.52. The molecule has 5 fully saturated rings. The van der Waals surface area contributed by atoms with E-state index < -0.39 is 6.16 Å². The summed E-state index contributed by atoms with van der Waals surface area (Å²) in [5, 5.41) is 0. The fraction of sp³-hybridized carbons (Fsp3) is 0.952. The van der Waals surface area contributed by atoms with Gasteiger partial charge in [0.2, 0.25) is 6.29 Å². The third-order valence-electron chi connectivity index (χ3n) is 8.25. The number of carbonyl (C=O) groups is 1. The molecular weight excluding hydrogens is 316 g/mol. The summed E-state index contributed by atoms with van der Waals surface area (Å²) in [6.07, 6.45) is 13.6. The summed E-state index contributed by atoms with van der Waals surface area (Å²) in [6.45, 7) is 0.690. The van der Waals surface area contributed by atoms with E-state index in [9.17, 15) is 4.79 Å². The largest absolute Gasteiger partial charge is 0.510 e. The van der Waals surface area contributed by atoms with Gasteiger partial charge in [-0.2, -0.15) is 0 Å². The molecule has 0 aromatic heterocycles. The van der Waals surface area contributed by atoms with Crippen molar-refractivity contribution in [3.8, 4) is 0 Å². The molecule has 25 heavy (non-hydrogen) atoms. The van der Waals surface area contributed by atoms with Crippen LogP contribution >= 0.6 is 0 Å². The highest BCUT2D eigenvalue weighted by Crippen LogP contribution is 2.57. The lowest BCUT2D eigenvalue weighted by Crippen LogP contribution is -2.45. The standard InChI is InChI=1S/C21H32O4/c22-21(25-20-10-11-23-20)24-15-6-9-17-14(12-15)5-8-18-16-3-1-2-13(16)4-7-19(17)18/h13-20H,1-12H2. The van der Waals surface area contributed by atoms with Crippen molar-refractivity contribution in [3.63, 3.8) is 0 Å². The van der Waals surface area contributed by atoms with Gasteiger partial charge in [0, 0.05) is 6.42 Å². The van der Waals surface area contributed by atoms with Crippen LogP contribution in [0.2, 0.25) is 0 Å². The van der Waals surface area contributed by atoms with E-state index in [-0.39, 0.29) is 12.4 Å². The molecule has 1 aliphatic heterocycles. The summed E-state index contributed by atoms with van der Waals surface area (Å²) in [4.78, 5) is 11.9. The van der Waals surface area contributed by atoms with Crippen molar-refractivity contribution < 1.29 is 19.0 Å². The van der Waals surface area contributed by atoms with Gasteiger partial charge in [-0.1, -0.05) is 12.8 Å². The summed E-state index contributed by atoms with van der Waals surface area (Å²) in [6, 6.07) is 0. The maximum atomic E-state index is 11.9. The van der Waals surface area contributed by atoms with Crippen molar-refractivity contribution in [1.82, 2.24) is 0 Å². The molecule has 0 aromatic carbocycles. The maximum Gasteiger partial charge on any atom is 0.510 e. The molecule has 0 radical (unpaired) electrons. The van der Waals surface area contributed by atoms with Crippen LogP contribution in [-0.2, 0) is 14.2 Å². The van der Waals surface area contributed by atoms with E-state index in [0.29, 0.717) is 6.61 Å². The van der Waals surface area contributed by atoms with Gasteiger partial charge in [0.1, 0.15) is 6.10 Å². The molecule has 4 saturated carbocycles. The number of rotatable bonds is 2. The topological polar surface area (TPSA) is 44.8 Å². The van der Waals surface area contributed by atoms with Crippen molar-refractivity contribution in [2.24, 2.45) is 35.5 Å². The van der Waals surface area contributed by atoms with Crippen molar-refractivity contribution >= 4 is 6.16 Å². The zero-order valence-corrected chi connectivity index (χ0v) is 15.2. The Hall–Kier alpha value is -0.770. The van der Waals surface area contributed by atoms with Gasteiger partial charge in [0.25, 0.3) is 0 Å². The van der Waals surface area contributed by atoms with Gasteiger partial charge in [-0.05, 0) is 86.9 Å². The van der Waals surface area contributed by atoms with Crippen LogP contribution in [0.15, 0.2) is 0 Å². The normalized spacial score (nSPS) is 48.5. The Morgan fingerprint density at radius 3 is 2.20 bits per heavy atom. The minimum Gasteiger partial charge on any atom is -0.431 e. The molecule has 0 N–H and O–H groups in total. The molecule has 140 valence electrons. The van der Waals surface area contributed by atoms with Crippen molar-refractivity contribution in [2.45, 2.75) is 83.0 Å². The van der Waals surface area contributed by atoms with Crippen LogP contribution in [0.3, 0.4) is 0 Å². The van der Waals surface area contributed by atoms with Crippen LogP contribution in [0.4, 0.5) is 4.79 Å². The van der Waals surface area contributed by atoms with Crippen LogP contribution < -0.4 is 0 Å². The smallest absolute Gasteiger partial charge is 0.431 e. The van der Waals surface area contributed by atoms with Gasteiger partial charge in [-0.25, -0.2) is 4.79 Å². The molecular formula is C21H32O4. The van der Waals surface area contributed by atoms with Gasteiger partial charge in [-0.3, -0.25) is 0 Å². The fourth-order valence-corrected chi connectivity index (χ4v) is 7.12. The number of carbonyl (C=O) groups excluding carboxylic acids is 1. The molecule has 0 amide bonds. The Bertz CT molecular complexity index is 502. The Morgan fingerprint density at radius 1 is 0.720 bits per heavy atom. The van der Waals surface area contributed by atoms with Gasteiger partial charge < -0.3 is 14.2 Å². The van der Waals surface area contributed by atoms with Crippen LogP contribution in [0.1, 0.15) is 70.6 Å². The molecule has 0 aromatic rings. The average molecular weight is 348 g/mol. The Morgan fingerprint density at radius 2 is 1.44 bits per heavy atom. The lowest BCUT2D eigenvalue weighted by molar-refractivity contribution is -0.197. The first-order chi connectivity index (χ1) is 12.3. The third-order valence-corrected chi connectivity index (χ3v) is 8.25. The molecule has 8 atom stereocenters. The fourth-order valence-electron chi connectivity index (χ4n) is 7.12. The first-order valence-electron chi connectivity index (χ1n) is 10.8. The summed E-state index contributed by atoms with van der Waals surface area (Å²) >= 11 is 0. The van der Waals surface area contributed by atoms with Crippen LogP contribution in [-0.4, -0.2) is 25.2 Å². The SMILES string of the molecule is O=C(OC1CCC2C(CCC3C4CCCC4CCC23)C1)OC1CCO1. The van der Waals surface area contributed by atoms with E-state index >= 15 is 0 Å². The molecule has 0 bridgehead atoms. The van der Waals surface area contributed by atoms with Gasteiger partial charge in [0.05, 0.1) is 6.61 Å². The highest BCUT2D eigenvalue weighted by atomic mass is 16.8. The molecule has 8 unspecified atom stereocenters. The van der Waals surface area contributed by atoms with E-state index in [1.807, 2.05) is 0 Å². The first kappa shape index (κ1) is 16.4. The number of hydrogen-bond donors (Lipinski definition) is 0. The minimum absolute atomic E-state index is 0.0631. The van der Waals surface area contributed by atoms with E-state index in [2.05, 4.69) is 0 Å². The van der Waals surface area contributed by atoms with Gasteiger partial charge in [0.15, 0.2) is 0 Å². The summed E-state index contributed by atoms with van der Waals surface area (Å²) in [7, 11) is 0. The number of fused-ring (bicyclic) bond motifs is 5. The zero-order chi connectivity index (χ0) is 16.8. The third kappa shape index (κ3) is 3.09. The molecule has 4 heteroatoms. The highest BCUT2D eigenvalue weighted by molar-refractivity contribution is 5.60. The summed E-state index contributed by atoms with van der Waals surface area (Å²) in [5.41, 5.74) is 0. The number of hydrogen-bond acceptors (Lipinski definition) is 4. The second kappa shape index (κ2) is 6.75. The quantitative estimate of drug-likeness (QED) is 0.665. The molecule has 4 nitrogen and oxygen atoms in total. The van der Waals surface area contributed by atoms with Crippen LogP contribution in [0.5, 0.6) is 0 Å². The van der Waals surface area contributed by atoms with Crippen molar-refractivity contribution in [3.05, 3.63) is 0 Å². The van der Waals surface area contributed by atoms with E-state index in [4.69, 9.17) is 14.2 Å². The summed E-state index contributed by atoms with van der Waals surface area (Å²) in [5.74, 6) is 5.75. The van der Waals surface area contributed by atoms with Gasteiger partial charge >= 0.3 is 6.16 Å². The van der Waals surface area contributed by atoms with E-state index in [0.717, 1.165) is 54.8 Å². The Labute approximate surface area is 151 Å². The Balaban J connectivity index is 1.17. The average Bonchev–Trinajstić information content (AvgIpc) is 3.06. The molecule has 4 aliphatic carbocycles. The zero-order valence-electron chi connectivity index (χ0n) is 15.2. The predicted molar refractivity (Wildman–Crippen MR) is 92.8 cm³/mol. The lowest BCUT2D eigenvalue weighted by atomic mass is 9.53. The van der Waals surface area contributed by atoms with Gasteiger partial charge in [-0.15, -0.1) is 0 Å². The highest BCUT2D eigenvalue weighted by Gasteiger charge is 2.49. The second-order valence-corrected chi connectivity index (χ2v) is 9.27. The van der Waals surface area contributed by atoms with Crippen molar-refractivity contribution in [1.29, 1.82) is 0 Å². The monoisotopic (exact) mass is 348 g/mol. The second-order valence-electron chi connectivity index (χ2n) is 9.27. The van der Waals surface area contributed by atoms with Crippen LogP contribution in [0.25, 0.3) is 0 Å². The van der Waals surface area contributed by atoms with E-state index in [1.54, 1.807) is 0 Å². The molecule has 5 rings (SSSR count). The molecule has 1 heterocycles. The van der Waals surface area contributed by atoms with Crippen LogP contribution in [0, 0.1) is 35.5 Å². The van der Waals surface area contributed by atoms with E-state index in [1.165, 1.54) is 51.4 Å². The molecule has 0 spiro atoms. The molecule has 5 aliphatic rings. The number of ether oxygens (including phenoxy) is 3. The summed E-state index contributed by atoms with van der Waals surface area (Å²) < 4.78 is 15.9. The van der Waals surface area contributed by atoms with Crippen molar-refractivity contribution in [2.75, 3.05) is 6.61 Å². The minimum atomic E-state index is -0.520. The Kier molecular flexibility index (Phi) is 4.43. The maximum absolute atomic E-state index is 11.9. The first-order valence-corrected chi connectivity index (χ1v) is 10.8.